The number of carbonyl (C=O) groups is 4. The minimum Gasteiger partial charge on any atom is -0.462 e. The molecule has 0 saturated heterocycles. The summed E-state index contributed by atoms with van der Waals surface area (Å²) >= 11 is 0. The van der Waals surface area contributed by atoms with Crippen LogP contribution in [0.2, 0.25) is 0 Å². The van der Waals surface area contributed by atoms with Crippen LogP contribution in [0.3, 0.4) is 0 Å². The predicted octanol–water partition coefficient (Wildman–Crippen LogP) is 22.4. The zero-order valence-electron chi connectivity index (χ0n) is 63.0. The fraction of sp³-hybridized carbons (Fsp3) is 0.948. The first-order valence-electron chi connectivity index (χ1n) is 39.8. The first kappa shape index (κ1) is 94.1. The van der Waals surface area contributed by atoms with Crippen molar-refractivity contribution in [2.24, 2.45) is 23.7 Å². The summed E-state index contributed by atoms with van der Waals surface area (Å²) in [5, 5.41) is 10.6. The van der Waals surface area contributed by atoms with Crippen LogP contribution in [-0.4, -0.2) is 96.7 Å². The molecule has 0 bridgehead atoms. The van der Waals surface area contributed by atoms with Crippen LogP contribution in [0, 0.1) is 23.7 Å². The molecule has 0 aromatic carbocycles. The van der Waals surface area contributed by atoms with Gasteiger partial charge in [-0.15, -0.1) is 0 Å². The van der Waals surface area contributed by atoms with Gasteiger partial charge in [0.25, 0.3) is 0 Å². The topological polar surface area (TPSA) is 237 Å². The molecule has 0 radical (unpaired) electrons. The van der Waals surface area contributed by atoms with E-state index < -0.39 is 97.5 Å². The molecule has 0 rings (SSSR count). The summed E-state index contributed by atoms with van der Waals surface area (Å²) in [4.78, 5) is 72.7. The zero-order chi connectivity index (χ0) is 71.0. The van der Waals surface area contributed by atoms with Crippen LogP contribution in [0.25, 0.3) is 0 Å². The van der Waals surface area contributed by atoms with E-state index in [4.69, 9.17) is 37.0 Å². The molecule has 19 heteroatoms. The summed E-state index contributed by atoms with van der Waals surface area (Å²) in [6.45, 7) is 14.1. The molecule has 3 N–H and O–H groups in total. The third kappa shape index (κ3) is 67.9. The van der Waals surface area contributed by atoms with Crippen molar-refractivity contribution in [1.82, 2.24) is 0 Å². The van der Waals surface area contributed by atoms with Gasteiger partial charge in [0.2, 0.25) is 0 Å². The van der Waals surface area contributed by atoms with Crippen molar-refractivity contribution >= 4 is 39.5 Å². The minimum absolute atomic E-state index is 0.101. The van der Waals surface area contributed by atoms with Gasteiger partial charge >= 0.3 is 39.5 Å². The summed E-state index contributed by atoms with van der Waals surface area (Å²) in [7, 11) is -9.91. The van der Waals surface area contributed by atoms with E-state index >= 15 is 0 Å². The second kappa shape index (κ2) is 66.3. The van der Waals surface area contributed by atoms with Crippen LogP contribution < -0.4 is 0 Å². The number of hydrogen-bond donors (Lipinski definition) is 3. The monoisotopic (exact) mass is 1410 g/mol. The molecule has 0 aromatic rings. The average molecular weight is 1410 g/mol. The van der Waals surface area contributed by atoms with Gasteiger partial charge in [0.15, 0.2) is 12.2 Å². The summed E-state index contributed by atoms with van der Waals surface area (Å²) in [5.74, 6) is 0.927. The van der Waals surface area contributed by atoms with Crippen molar-refractivity contribution in [2.75, 3.05) is 39.6 Å². The molecule has 0 spiro atoms. The minimum atomic E-state index is -4.96. The molecule has 570 valence electrons. The molecule has 96 heavy (non-hydrogen) atoms. The second-order valence-corrected chi connectivity index (χ2v) is 32.1. The smallest absolute Gasteiger partial charge is 0.462 e. The highest BCUT2D eigenvalue weighted by molar-refractivity contribution is 7.47. The average Bonchev–Trinajstić information content (AvgIpc) is 1.28. The molecule has 0 aliphatic heterocycles. The Morgan fingerprint density at radius 2 is 0.500 bits per heavy atom. The maximum atomic E-state index is 13.1. The van der Waals surface area contributed by atoms with E-state index in [-0.39, 0.29) is 25.7 Å². The Labute approximate surface area is 588 Å². The van der Waals surface area contributed by atoms with Gasteiger partial charge in [-0.25, -0.2) is 9.13 Å². The summed E-state index contributed by atoms with van der Waals surface area (Å²) in [5.41, 5.74) is 0. The van der Waals surface area contributed by atoms with E-state index in [9.17, 15) is 43.2 Å². The van der Waals surface area contributed by atoms with Crippen molar-refractivity contribution in [3.63, 3.8) is 0 Å². The Balaban J connectivity index is 5.18. The lowest BCUT2D eigenvalue weighted by Gasteiger charge is -2.21. The molecular formula is C77H150O17P2. The molecule has 0 amide bonds. The van der Waals surface area contributed by atoms with Gasteiger partial charge in [-0.05, 0) is 49.4 Å². The normalized spacial score (nSPS) is 14.7. The van der Waals surface area contributed by atoms with Gasteiger partial charge in [0.05, 0.1) is 26.4 Å². The Hall–Kier alpha value is -1.94. The second-order valence-electron chi connectivity index (χ2n) is 29.2. The van der Waals surface area contributed by atoms with E-state index in [0.717, 1.165) is 114 Å². The summed E-state index contributed by atoms with van der Waals surface area (Å²) in [6, 6.07) is 0. The third-order valence-electron chi connectivity index (χ3n) is 18.5. The van der Waals surface area contributed by atoms with Crippen LogP contribution in [0.5, 0.6) is 0 Å². The predicted molar refractivity (Wildman–Crippen MR) is 391 cm³/mol. The van der Waals surface area contributed by atoms with E-state index in [2.05, 4.69) is 55.4 Å². The highest BCUT2D eigenvalue weighted by Crippen LogP contribution is 2.45. The molecule has 0 saturated carbocycles. The number of aliphatic hydroxyl groups is 1. The Morgan fingerprint density at radius 1 is 0.292 bits per heavy atom. The molecule has 17 nitrogen and oxygen atoms in total. The number of phosphoric ester groups is 2. The zero-order valence-corrected chi connectivity index (χ0v) is 64.8. The number of unbranched alkanes of at least 4 members (excludes halogenated alkanes) is 38. The Morgan fingerprint density at radius 3 is 0.740 bits per heavy atom. The van der Waals surface area contributed by atoms with E-state index in [1.807, 2.05) is 0 Å². The van der Waals surface area contributed by atoms with Crippen LogP contribution >= 0.6 is 15.6 Å². The number of hydrogen-bond acceptors (Lipinski definition) is 15. The van der Waals surface area contributed by atoms with Crippen LogP contribution in [0.4, 0.5) is 0 Å². The molecule has 7 atom stereocenters. The van der Waals surface area contributed by atoms with Crippen molar-refractivity contribution < 1.29 is 80.2 Å². The highest BCUT2D eigenvalue weighted by Gasteiger charge is 2.30. The quantitative estimate of drug-likeness (QED) is 0.0222. The number of rotatable bonds is 74. The van der Waals surface area contributed by atoms with E-state index in [1.165, 1.54) is 186 Å². The Kier molecular flexibility index (Phi) is 65.0. The van der Waals surface area contributed by atoms with Crippen molar-refractivity contribution in [2.45, 2.75) is 408 Å². The van der Waals surface area contributed by atoms with Crippen molar-refractivity contribution in [3.05, 3.63) is 0 Å². The van der Waals surface area contributed by atoms with Gasteiger partial charge in [-0.1, -0.05) is 338 Å². The first-order chi connectivity index (χ1) is 46.2. The fourth-order valence-corrected chi connectivity index (χ4v) is 13.2. The van der Waals surface area contributed by atoms with Gasteiger partial charge in [-0.3, -0.25) is 37.3 Å². The van der Waals surface area contributed by atoms with E-state index in [0.29, 0.717) is 31.6 Å². The molecule has 0 fully saturated rings. The summed E-state index contributed by atoms with van der Waals surface area (Å²) in [6.07, 6.45) is 51.7. The standard InChI is InChI=1S/C77H150O17P2/c1-9-69(7)55-47-39-30-26-22-17-15-13-11-12-14-16-18-24-28-32-43-51-59-76(81)93-72(63-87-74(79)57-49-41-31-27-23-20-19-21-25-29-37-45-53-67(3)4)65-91-95(83,84)89-61-71(78)62-90-96(85,86)92-66-73(94-77(82)60-52-44-35-33-38-46-54-68(5)6)64-88-75(80)58-50-42-36-34-40-48-56-70(8)10-2/h67-73,78H,9-66H2,1-8H3,(H,83,84)(H,85,86)/t69?,70?,71-,72-,73-/m1/s1. The largest absolute Gasteiger partial charge is 0.472 e. The number of aliphatic hydroxyl groups excluding tert-OH is 1. The lowest BCUT2D eigenvalue weighted by Crippen LogP contribution is -2.30. The third-order valence-corrected chi connectivity index (χ3v) is 20.4. The molecule has 0 heterocycles. The van der Waals surface area contributed by atoms with Gasteiger partial charge in [-0.2, -0.15) is 0 Å². The first-order valence-corrected chi connectivity index (χ1v) is 42.8. The van der Waals surface area contributed by atoms with E-state index in [1.54, 1.807) is 0 Å². The van der Waals surface area contributed by atoms with Gasteiger partial charge in [0, 0.05) is 25.7 Å². The molecular weight excluding hydrogens is 1260 g/mol. The lowest BCUT2D eigenvalue weighted by molar-refractivity contribution is -0.161. The number of phosphoric acid groups is 2. The SMILES string of the molecule is CCC(C)CCCCCCCCCCCCCCCCCCCCC(=O)O[C@H](COC(=O)CCCCCCCCCCCCCCC(C)C)COP(=O)(O)OC[C@@H](O)COP(=O)(O)OC[C@@H](COC(=O)CCCCCCCCC(C)CC)OC(=O)CCCCCCCCC(C)C. The van der Waals surface area contributed by atoms with Crippen LogP contribution in [0.15, 0.2) is 0 Å². The number of esters is 4. The van der Waals surface area contributed by atoms with Crippen LogP contribution in [-0.2, 0) is 65.4 Å². The van der Waals surface area contributed by atoms with Gasteiger partial charge in [0.1, 0.15) is 19.3 Å². The Bertz CT molecular complexity index is 1890. The molecule has 0 aliphatic carbocycles. The summed E-state index contributed by atoms with van der Waals surface area (Å²) < 4.78 is 68.4. The van der Waals surface area contributed by atoms with Gasteiger partial charge < -0.3 is 33.8 Å². The van der Waals surface area contributed by atoms with Crippen molar-refractivity contribution in [1.29, 1.82) is 0 Å². The number of ether oxygens (including phenoxy) is 4. The fourth-order valence-electron chi connectivity index (χ4n) is 11.7. The number of carbonyl (C=O) groups excluding carboxylic acids is 4. The highest BCUT2D eigenvalue weighted by atomic mass is 31.2. The molecule has 4 unspecified atom stereocenters. The van der Waals surface area contributed by atoms with Crippen molar-refractivity contribution in [3.8, 4) is 0 Å². The van der Waals surface area contributed by atoms with Crippen LogP contribution in [0.1, 0.15) is 389 Å². The maximum absolute atomic E-state index is 13.1. The maximum Gasteiger partial charge on any atom is 0.472 e. The molecule has 0 aliphatic rings. The lowest BCUT2D eigenvalue weighted by atomic mass is 9.99. The molecule has 0 aromatic heterocycles.